The summed E-state index contributed by atoms with van der Waals surface area (Å²) in [5.74, 6) is 0.469. The number of anilines is 4. The Morgan fingerprint density at radius 2 is 1.94 bits per heavy atom. The molecule has 2 N–H and O–H groups in total. The largest absolute Gasteiger partial charge is 0.491 e. The molecule has 0 unspecified atom stereocenters. The summed E-state index contributed by atoms with van der Waals surface area (Å²) < 4.78 is 48.3. The fourth-order valence-electron chi connectivity index (χ4n) is 3.10. The second-order valence-electron chi connectivity index (χ2n) is 7.65. The van der Waals surface area contributed by atoms with Gasteiger partial charge in [-0.25, -0.2) is 4.98 Å². The molecule has 0 aliphatic rings. The molecule has 11 heteroatoms. The Balaban J connectivity index is 1.95. The number of carbonyl (C=O) groups is 1. The standard InChI is InChI=1S/C22H25F3N6O2/c1-14-19(12-31(4)29-14)28-21-10-18(16(11-26-21)22(23,24)25)27-17-6-5-7-20(15(17)13-32)33-9-8-30(2)3/h5-7,10-13H,8-9H2,1-4H3,(H2,26,27,28). The van der Waals surface area contributed by atoms with Crippen molar-refractivity contribution in [2.24, 2.45) is 7.05 Å². The van der Waals surface area contributed by atoms with Gasteiger partial charge >= 0.3 is 6.18 Å². The van der Waals surface area contributed by atoms with Crippen molar-refractivity contribution in [3.8, 4) is 5.75 Å². The molecule has 0 spiro atoms. The summed E-state index contributed by atoms with van der Waals surface area (Å²) in [5.41, 5.74) is 0.369. The third-order valence-electron chi connectivity index (χ3n) is 4.73. The molecule has 3 aromatic rings. The van der Waals surface area contributed by atoms with Gasteiger partial charge in [0.2, 0.25) is 0 Å². The van der Waals surface area contributed by atoms with E-state index in [1.807, 2.05) is 19.0 Å². The zero-order valence-corrected chi connectivity index (χ0v) is 18.7. The fraction of sp³-hybridized carbons (Fsp3) is 0.318. The van der Waals surface area contributed by atoms with E-state index in [0.29, 0.717) is 30.8 Å². The Bertz CT molecular complexity index is 1130. The maximum atomic E-state index is 13.7. The molecule has 0 amide bonds. The number of ether oxygens (including phenoxy) is 1. The third kappa shape index (κ3) is 6.01. The van der Waals surface area contributed by atoms with Crippen LogP contribution in [-0.2, 0) is 13.2 Å². The number of likely N-dealkylation sites (N-methyl/N-ethyl adjacent to an activating group) is 1. The number of carbonyl (C=O) groups excluding carboxylic acids is 1. The van der Waals surface area contributed by atoms with Crippen LogP contribution < -0.4 is 15.4 Å². The molecule has 0 aliphatic carbocycles. The van der Waals surface area contributed by atoms with Gasteiger partial charge in [-0.15, -0.1) is 0 Å². The maximum absolute atomic E-state index is 13.7. The highest BCUT2D eigenvalue weighted by atomic mass is 19.4. The molecule has 0 aliphatic heterocycles. The second kappa shape index (κ2) is 9.90. The first-order valence-electron chi connectivity index (χ1n) is 10.1. The highest BCUT2D eigenvalue weighted by molar-refractivity contribution is 5.90. The van der Waals surface area contributed by atoms with E-state index in [1.165, 1.54) is 12.1 Å². The molecule has 0 saturated carbocycles. The number of benzene rings is 1. The molecule has 2 heterocycles. The number of alkyl halides is 3. The second-order valence-corrected chi connectivity index (χ2v) is 7.65. The SMILES string of the molecule is Cc1nn(C)cc1Nc1cc(Nc2cccc(OCCN(C)C)c2C=O)c(C(F)(F)F)cn1. The van der Waals surface area contributed by atoms with Crippen LogP contribution in [-0.4, -0.2) is 53.2 Å². The fourth-order valence-corrected chi connectivity index (χ4v) is 3.10. The number of hydrogen-bond donors (Lipinski definition) is 2. The molecule has 33 heavy (non-hydrogen) atoms. The van der Waals surface area contributed by atoms with Gasteiger partial charge in [0.15, 0.2) is 6.29 Å². The van der Waals surface area contributed by atoms with Gasteiger partial charge in [0, 0.05) is 32.1 Å². The lowest BCUT2D eigenvalue weighted by molar-refractivity contribution is -0.137. The Labute approximate surface area is 189 Å². The highest BCUT2D eigenvalue weighted by Crippen LogP contribution is 2.38. The average molecular weight is 462 g/mol. The number of aromatic nitrogens is 3. The molecule has 0 atom stereocenters. The highest BCUT2D eigenvalue weighted by Gasteiger charge is 2.34. The van der Waals surface area contributed by atoms with Crippen LogP contribution in [0.5, 0.6) is 5.75 Å². The van der Waals surface area contributed by atoms with Crippen LogP contribution in [0.1, 0.15) is 21.6 Å². The average Bonchev–Trinajstić information content (AvgIpc) is 3.04. The molecule has 0 radical (unpaired) electrons. The van der Waals surface area contributed by atoms with Gasteiger partial charge in [-0.2, -0.15) is 18.3 Å². The first-order valence-corrected chi connectivity index (χ1v) is 10.1. The van der Waals surface area contributed by atoms with Crippen molar-refractivity contribution in [2.75, 3.05) is 37.9 Å². The molecule has 3 rings (SSSR count). The number of nitrogens with one attached hydrogen (secondary N) is 2. The lowest BCUT2D eigenvalue weighted by Gasteiger charge is -2.18. The summed E-state index contributed by atoms with van der Waals surface area (Å²) in [6.07, 6.45) is -1.66. The van der Waals surface area contributed by atoms with E-state index in [2.05, 4.69) is 20.7 Å². The molecule has 176 valence electrons. The topological polar surface area (TPSA) is 84.3 Å². The summed E-state index contributed by atoms with van der Waals surface area (Å²) in [4.78, 5) is 17.6. The van der Waals surface area contributed by atoms with Crippen LogP contribution in [0.2, 0.25) is 0 Å². The number of nitrogens with zero attached hydrogens (tertiary/aromatic N) is 4. The first-order chi connectivity index (χ1) is 15.6. The van der Waals surface area contributed by atoms with Gasteiger partial charge in [0.1, 0.15) is 18.2 Å². The van der Waals surface area contributed by atoms with E-state index in [9.17, 15) is 18.0 Å². The molecule has 0 fully saturated rings. The summed E-state index contributed by atoms with van der Waals surface area (Å²) in [7, 11) is 5.49. The van der Waals surface area contributed by atoms with Crippen molar-refractivity contribution in [1.29, 1.82) is 0 Å². The molecule has 1 aromatic carbocycles. The van der Waals surface area contributed by atoms with Crippen LogP contribution in [0, 0.1) is 6.92 Å². The number of pyridine rings is 1. The number of aryl methyl sites for hydroxylation is 2. The van der Waals surface area contributed by atoms with Crippen molar-refractivity contribution in [3.63, 3.8) is 0 Å². The summed E-state index contributed by atoms with van der Waals surface area (Å²) in [6, 6.07) is 5.96. The van der Waals surface area contributed by atoms with Crippen molar-refractivity contribution >= 4 is 29.2 Å². The quantitative estimate of drug-likeness (QED) is 0.457. The van der Waals surface area contributed by atoms with Crippen LogP contribution >= 0.6 is 0 Å². The van der Waals surface area contributed by atoms with E-state index in [-0.39, 0.29) is 28.5 Å². The Kier molecular flexibility index (Phi) is 7.22. The van der Waals surface area contributed by atoms with Crippen LogP contribution in [0.4, 0.5) is 36.1 Å². The zero-order chi connectivity index (χ0) is 24.2. The van der Waals surface area contributed by atoms with Gasteiger partial charge < -0.3 is 20.3 Å². The minimum absolute atomic E-state index is 0.124. The van der Waals surface area contributed by atoms with E-state index in [0.717, 1.165) is 6.20 Å². The number of rotatable bonds is 9. The minimum Gasteiger partial charge on any atom is -0.491 e. The molecular formula is C22H25F3N6O2. The van der Waals surface area contributed by atoms with Crippen molar-refractivity contribution in [2.45, 2.75) is 13.1 Å². The maximum Gasteiger partial charge on any atom is 0.419 e. The number of halogens is 3. The lowest BCUT2D eigenvalue weighted by atomic mass is 10.1. The van der Waals surface area contributed by atoms with Crippen LogP contribution in [0.25, 0.3) is 0 Å². The van der Waals surface area contributed by atoms with Crippen LogP contribution in [0.3, 0.4) is 0 Å². The van der Waals surface area contributed by atoms with Gasteiger partial charge in [-0.05, 0) is 33.2 Å². The predicted octanol–water partition coefficient (Wildman–Crippen LogP) is 4.38. The van der Waals surface area contributed by atoms with Crippen molar-refractivity contribution in [3.05, 3.63) is 53.5 Å². The number of hydrogen-bond acceptors (Lipinski definition) is 7. The van der Waals surface area contributed by atoms with Crippen molar-refractivity contribution < 1.29 is 22.7 Å². The smallest absolute Gasteiger partial charge is 0.419 e. The van der Waals surface area contributed by atoms with Gasteiger partial charge in [0.25, 0.3) is 0 Å². The summed E-state index contributed by atoms with van der Waals surface area (Å²) in [5, 5.41) is 9.91. The first kappa shape index (κ1) is 24.1. The molecule has 2 aromatic heterocycles. The van der Waals surface area contributed by atoms with Crippen LogP contribution in [0.15, 0.2) is 36.7 Å². The Morgan fingerprint density at radius 1 is 1.18 bits per heavy atom. The zero-order valence-electron chi connectivity index (χ0n) is 18.7. The van der Waals surface area contributed by atoms with Gasteiger partial charge in [0.05, 0.1) is 33.9 Å². The molecule has 0 saturated heterocycles. The third-order valence-corrected chi connectivity index (χ3v) is 4.73. The Morgan fingerprint density at radius 3 is 2.55 bits per heavy atom. The monoisotopic (exact) mass is 462 g/mol. The minimum atomic E-state index is -4.65. The molecule has 0 bridgehead atoms. The molecular weight excluding hydrogens is 437 g/mol. The summed E-state index contributed by atoms with van der Waals surface area (Å²) in [6.45, 7) is 2.70. The predicted molar refractivity (Wildman–Crippen MR) is 120 cm³/mol. The van der Waals surface area contributed by atoms with Gasteiger partial charge in [-0.3, -0.25) is 9.48 Å². The molecule has 8 nitrogen and oxygen atoms in total. The van der Waals surface area contributed by atoms with E-state index in [1.54, 1.807) is 37.0 Å². The normalized spacial score (nSPS) is 11.5. The number of aldehydes is 1. The van der Waals surface area contributed by atoms with E-state index in [4.69, 9.17) is 4.74 Å². The Hall–Kier alpha value is -3.60. The van der Waals surface area contributed by atoms with Crippen molar-refractivity contribution in [1.82, 2.24) is 19.7 Å². The van der Waals surface area contributed by atoms with Gasteiger partial charge in [-0.1, -0.05) is 6.07 Å². The lowest BCUT2D eigenvalue weighted by Crippen LogP contribution is -2.19. The van der Waals surface area contributed by atoms with E-state index < -0.39 is 11.7 Å². The van der Waals surface area contributed by atoms with E-state index >= 15 is 0 Å². The summed E-state index contributed by atoms with van der Waals surface area (Å²) >= 11 is 0.